The molecule has 1 aliphatic carbocycles. The van der Waals surface area contributed by atoms with Gasteiger partial charge >= 0.3 is 0 Å². The van der Waals surface area contributed by atoms with Gasteiger partial charge in [0.15, 0.2) is 0 Å². The molecule has 1 heterocycles. The van der Waals surface area contributed by atoms with E-state index in [4.69, 9.17) is 4.74 Å². The molecule has 18 heavy (non-hydrogen) atoms. The summed E-state index contributed by atoms with van der Waals surface area (Å²) in [6, 6.07) is 0. The quantitative estimate of drug-likeness (QED) is 0.746. The number of ether oxygens (including phenoxy) is 1. The molecule has 0 spiro atoms. The summed E-state index contributed by atoms with van der Waals surface area (Å²) < 4.78 is 5.72. The average molecular weight is 253 g/mol. The minimum Gasteiger partial charge on any atom is -0.378 e. The van der Waals surface area contributed by atoms with E-state index in [2.05, 4.69) is 12.2 Å². The first-order chi connectivity index (χ1) is 8.90. The third-order valence-electron chi connectivity index (χ3n) is 4.85. The van der Waals surface area contributed by atoms with Crippen molar-refractivity contribution in [2.24, 2.45) is 11.8 Å². The van der Waals surface area contributed by atoms with Gasteiger partial charge in [-0.3, -0.25) is 0 Å². The first kappa shape index (κ1) is 14.3. The normalized spacial score (nSPS) is 32.8. The Kier molecular flexibility index (Phi) is 6.50. The summed E-state index contributed by atoms with van der Waals surface area (Å²) in [4.78, 5) is 0. The van der Waals surface area contributed by atoms with Gasteiger partial charge in [-0.05, 0) is 50.6 Å². The van der Waals surface area contributed by atoms with E-state index in [-0.39, 0.29) is 0 Å². The van der Waals surface area contributed by atoms with Crippen LogP contribution < -0.4 is 5.32 Å². The molecular formula is C16H31NO. The van der Waals surface area contributed by atoms with E-state index in [1.54, 1.807) is 0 Å². The number of rotatable bonds is 7. The van der Waals surface area contributed by atoms with Gasteiger partial charge in [-0.15, -0.1) is 0 Å². The smallest absolute Gasteiger partial charge is 0.0576 e. The Balaban J connectivity index is 1.64. The van der Waals surface area contributed by atoms with E-state index in [0.717, 1.165) is 25.0 Å². The zero-order valence-electron chi connectivity index (χ0n) is 12.1. The van der Waals surface area contributed by atoms with Crippen molar-refractivity contribution in [2.75, 3.05) is 19.7 Å². The second-order valence-corrected chi connectivity index (χ2v) is 6.18. The van der Waals surface area contributed by atoms with Crippen molar-refractivity contribution >= 4 is 0 Å². The summed E-state index contributed by atoms with van der Waals surface area (Å²) in [6.07, 6.45) is 13.2. The minimum atomic E-state index is 0.598. The Morgan fingerprint density at radius 2 is 1.83 bits per heavy atom. The highest BCUT2D eigenvalue weighted by molar-refractivity contribution is 4.77. The lowest BCUT2D eigenvalue weighted by atomic mass is 9.76. The molecule has 2 rings (SSSR count). The third kappa shape index (κ3) is 4.55. The van der Waals surface area contributed by atoms with Crippen LogP contribution in [0.15, 0.2) is 0 Å². The van der Waals surface area contributed by atoms with Crippen LogP contribution in [-0.4, -0.2) is 25.8 Å². The van der Waals surface area contributed by atoms with E-state index in [0.29, 0.717) is 6.10 Å². The predicted octanol–water partition coefficient (Wildman–Crippen LogP) is 3.75. The van der Waals surface area contributed by atoms with Crippen LogP contribution in [0.1, 0.15) is 64.7 Å². The second-order valence-electron chi connectivity index (χ2n) is 6.18. The molecule has 0 radical (unpaired) electrons. The molecule has 2 heteroatoms. The zero-order valence-corrected chi connectivity index (χ0v) is 12.1. The van der Waals surface area contributed by atoms with Crippen molar-refractivity contribution < 1.29 is 4.74 Å². The van der Waals surface area contributed by atoms with Crippen LogP contribution in [0.25, 0.3) is 0 Å². The average Bonchev–Trinajstić information content (AvgIpc) is 2.91. The lowest BCUT2D eigenvalue weighted by Gasteiger charge is -2.32. The molecule has 2 nitrogen and oxygen atoms in total. The molecule has 1 saturated heterocycles. The third-order valence-corrected chi connectivity index (χ3v) is 4.85. The molecule has 1 saturated carbocycles. The second kappa shape index (κ2) is 8.16. The van der Waals surface area contributed by atoms with Gasteiger partial charge < -0.3 is 10.1 Å². The van der Waals surface area contributed by atoms with Gasteiger partial charge in [0.1, 0.15) is 0 Å². The topological polar surface area (TPSA) is 21.3 Å². The lowest BCUT2D eigenvalue weighted by molar-refractivity contribution is 0.0979. The molecule has 106 valence electrons. The molecule has 3 atom stereocenters. The standard InChI is InChI=1S/C16H31NO/c1-2-17-13-15-8-4-3-7-14(15)9-5-10-16-11-6-12-18-16/h14-17H,2-13H2,1H3. The van der Waals surface area contributed by atoms with Crippen molar-refractivity contribution in [2.45, 2.75) is 70.8 Å². The molecule has 2 aliphatic rings. The largest absolute Gasteiger partial charge is 0.378 e. The van der Waals surface area contributed by atoms with E-state index >= 15 is 0 Å². The van der Waals surface area contributed by atoms with Crippen LogP contribution in [0.5, 0.6) is 0 Å². The highest BCUT2D eigenvalue weighted by Gasteiger charge is 2.24. The molecule has 0 aromatic heterocycles. The van der Waals surface area contributed by atoms with Gasteiger partial charge in [0.2, 0.25) is 0 Å². The lowest BCUT2D eigenvalue weighted by Crippen LogP contribution is -2.30. The summed E-state index contributed by atoms with van der Waals surface area (Å²) >= 11 is 0. The maximum absolute atomic E-state index is 5.72. The Bertz CT molecular complexity index is 213. The molecule has 0 aromatic carbocycles. The van der Waals surface area contributed by atoms with Crippen molar-refractivity contribution in [3.8, 4) is 0 Å². The fraction of sp³-hybridized carbons (Fsp3) is 1.00. The molecule has 1 aliphatic heterocycles. The predicted molar refractivity (Wildman–Crippen MR) is 76.8 cm³/mol. The van der Waals surface area contributed by atoms with Crippen molar-refractivity contribution in [3.63, 3.8) is 0 Å². The van der Waals surface area contributed by atoms with Crippen LogP contribution in [0.4, 0.5) is 0 Å². The number of hydrogen-bond donors (Lipinski definition) is 1. The minimum absolute atomic E-state index is 0.598. The molecule has 2 fully saturated rings. The summed E-state index contributed by atoms with van der Waals surface area (Å²) in [5.74, 6) is 1.93. The summed E-state index contributed by atoms with van der Waals surface area (Å²) in [5, 5.41) is 3.55. The monoisotopic (exact) mass is 253 g/mol. The zero-order chi connectivity index (χ0) is 12.6. The Labute approximate surface area is 113 Å². The van der Waals surface area contributed by atoms with E-state index in [1.165, 1.54) is 64.3 Å². The number of nitrogens with one attached hydrogen (secondary N) is 1. The van der Waals surface area contributed by atoms with Crippen molar-refractivity contribution in [1.29, 1.82) is 0 Å². The summed E-state index contributed by atoms with van der Waals surface area (Å²) in [6.45, 7) is 5.60. The van der Waals surface area contributed by atoms with Crippen molar-refractivity contribution in [3.05, 3.63) is 0 Å². The highest BCUT2D eigenvalue weighted by atomic mass is 16.5. The van der Waals surface area contributed by atoms with Gasteiger partial charge in [-0.25, -0.2) is 0 Å². The molecular weight excluding hydrogens is 222 g/mol. The fourth-order valence-corrected chi connectivity index (χ4v) is 3.74. The van der Waals surface area contributed by atoms with Crippen LogP contribution >= 0.6 is 0 Å². The van der Waals surface area contributed by atoms with Gasteiger partial charge in [-0.1, -0.05) is 39.0 Å². The summed E-state index contributed by atoms with van der Waals surface area (Å²) in [7, 11) is 0. The van der Waals surface area contributed by atoms with Gasteiger partial charge in [0.05, 0.1) is 6.10 Å². The van der Waals surface area contributed by atoms with Crippen LogP contribution in [0.3, 0.4) is 0 Å². The SMILES string of the molecule is CCNCC1CCCCC1CCCC1CCCO1. The Morgan fingerprint density at radius 1 is 1.00 bits per heavy atom. The molecule has 1 N–H and O–H groups in total. The van der Waals surface area contributed by atoms with E-state index in [1.807, 2.05) is 0 Å². The first-order valence-corrected chi connectivity index (χ1v) is 8.22. The van der Waals surface area contributed by atoms with Crippen LogP contribution in [-0.2, 0) is 4.74 Å². The Hall–Kier alpha value is -0.0800. The summed E-state index contributed by atoms with van der Waals surface area (Å²) in [5.41, 5.74) is 0. The van der Waals surface area contributed by atoms with Gasteiger partial charge in [-0.2, -0.15) is 0 Å². The van der Waals surface area contributed by atoms with Crippen LogP contribution in [0.2, 0.25) is 0 Å². The van der Waals surface area contributed by atoms with Gasteiger partial charge in [0, 0.05) is 6.61 Å². The molecule has 0 amide bonds. The van der Waals surface area contributed by atoms with Crippen molar-refractivity contribution in [1.82, 2.24) is 5.32 Å². The van der Waals surface area contributed by atoms with Gasteiger partial charge in [0.25, 0.3) is 0 Å². The van der Waals surface area contributed by atoms with E-state index < -0.39 is 0 Å². The number of hydrogen-bond acceptors (Lipinski definition) is 2. The first-order valence-electron chi connectivity index (χ1n) is 8.22. The Morgan fingerprint density at radius 3 is 2.56 bits per heavy atom. The molecule has 0 aromatic rings. The maximum atomic E-state index is 5.72. The fourth-order valence-electron chi connectivity index (χ4n) is 3.74. The highest BCUT2D eigenvalue weighted by Crippen LogP contribution is 2.33. The maximum Gasteiger partial charge on any atom is 0.0576 e. The molecule has 0 bridgehead atoms. The van der Waals surface area contributed by atoms with E-state index in [9.17, 15) is 0 Å². The van der Waals surface area contributed by atoms with Crippen LogP contribution in [0, 0.1) is 11.8 Å². The molecule has 3 unspecified atom stereocenters.